The Morgan fingerprint density at radius 2 is 2.00 bits per heavy atom. The third-order valence-corrected chi connectivity index (χ3v) is 3.56. The van der Waals surface area contributed by atoms with Gasteiger partial charge in [-0.25, -0.2) is 0 Å². The number of hydrogen-bond donors (Lipinski definition) is 0. The maximum absolute atomic E-state index is 5.75. The Kier molecular flexibility index (Phi) is 3.64. The first-order valence-corrected chi connectivity index (χ1v) is 6.12. The summed E-state index contributed by atoms with van der Waals surface area (Å²) < 4.78 is 0. The highest BCUT2D eigenvalue weighted by molar-refractivity contribution is 6.32. The summed E-state index contributed by atoms with van der Waals surface area (Å²) in [5, 5.41) is 0. The topological polar surface area (TPSA) is 16.1 Å². The van der Waals surface area contributed by atoms with E-state index in [1.54, 1.807) is 6.20 Å². The first-order valence-electron chi connectivity index (χ1n) is 6.12. The zero-order valence-electron chi connectivity index (χ0n) is 10.2. The molecule has 84 valence electrons. The van der Waals surface area contributed by atoms with Gasteiger partial charge >= 0.3 is 0 Å². The minimum atomic E-state index is 0.671. The maximum atomic E-state index is 5.75. The molecule has 0 saturated carbocycles. The Bertz CT molecular complexity index is 344. The fraction of sp³-hybridized carbons (Fsp3) is 0.615. The zero-order valence-corrected chi connectivity index (χ0v) is 10.2. The van der Waals surface area contributed by atoms with Gasteiger partial charge in [0, 0.05) is 31.0 Å². The average Bonchev–Trinajstić information content (AvgIpc) is 2.24. The lowest BCUT2D eigenvalue weighted by Crippen LogP contribution is -2.43. The third-order valence-electron chi connectivity index (χ3n) is 3.56. The summed E-state index contributed by atoms with van der Waals surface area (Å²) in [6, 6.07) is 3.37. The van der Waals surface area contributed by atoms with Gasteiger partial charge in [0.05, 0.1) is 0 Å². The summed E-state index contributed by atoms with van der Waals surface area (Å²) in [5.41, 5.74) is 1.98. The van der Waals surface area contributed by atoms with E-state index in [4.69, 9.17) is 7.85 Å². The number of rotatable bonds is 2. The minimum Gasteiger partial charge on any atom is -0.294 e. The average molecular weight is 214 g/mol. The summed E-state index contributed by atoms with van der Waals surface area (Å²) >= 11 is 0. The molecule has 1 saturated heterocycles. The van der Waals surface area contributed by atoms with Crippen molar-refractivity contribution in [3.05, 3.63) is 24.0 Å². The summed E-state index contributed by atoms with van der Waals surface area (Å²) in [6.07, 6.45) is 7.59. The van der Waals surface area contributed by atoms with Crippen LogP contribution in [0.5, 0.6) is 0 Å². The van der Waals surface area contributed by atoms with E-state index < -0.39 is 0 Å². The quantitative estimate of drug-likeness (QED) is 0.695. The van der Waals surface area contributed by atoms with Crippen LogP contribution in [0.2, 0.25) is 0 Å². The van der Waals surface area contributed by atoms with Crippen LogP contribution < -0.4 is 5.46 Å². The molecule has 0 spiro atoms. The number of nitrogens with zero attached hydrogens (tertiary/aromatic N) is 2. The Hall–Kier alpha value is -0.825. The van der Waals surface area contributed by atoms with Gasteiger partial charge in [0.2, 0.25) is 0 Å². The molecule has 1 fully saturated rings. The molecule has 2 atom stereocenters. The van der Waals surface area contributed by atoms with E-state index >= 15 is 0 Å². The van der Waals surface area contributed by atoms with Crippen LogP contribution in [0.25, 0.3) is 0 Å². The van der Waals surface area contributed by atoms with Crippen molar-refractivity contribution in [2.45, 2.75) is 51.7 Å². The molecule has 0 unspecified atom stereocenters. The Morgan fingerprint density at radius 1 is 1.31 bits per heavy atom. The van der Waals surface area contributed by atoms with Gasteiger partial charge in [-0.2, -0.15) is 0 Å². The van der Waals surface area contributed by atoms with E-state index in [2.05, 4.69) is 23.7 Å². The predicted octanol–water partition coefficient (Wildman–Crippen LogP) is 1.64. The molecule has 1 aliphatic heterocycles. The Morgan fingerprint density at radius 3 is 2.62 bits per heavy atom. The van der Waals surface area contributed by atoms with Crippen molar-refractivity contribution in [2.24, 2.45) is 0 Å². The second kappa shape index (κ2) is 5.00. The second-order valence-electron chi connectivity index (χ2n) is 4.93. The molecule has 0 amide bonds. The van der Waals surface area contributed by atoms with E-state index in [0.29, 0.717) is 12.1 Å². The highest BCUT2D eigenvalue weighted by atomic mass is 15.2. The van der Waals surface area contributed by atoms with Crippen molar-refractivity contribution in [2.75, 3.05) is 0 Å². The van der Waals surface area contributed by atoms with Crippen molar-refractivity contribution in [3.8, 4) is 0 Å². The highest BCUT2D eigenvalue weighted by Crippen LogP contribution is 2.23. The van der Waals surface area contributed by atoms with E-state index in [0.717, 1.165) is 12.0 Å². The summed E-state index contributed by atoms with van der Waals surface area (Å²) in [6.45, 7) is 5.60. The third kappa shape index (κ3) is 2.64. The van der Waals surface area contributed by atoms with Gasteiger partial charge in [-0.05, 0) is 32.3 Å². The Balaban J connectivity index is 2.07. The second-order valence-corrected chi connectivity index (χ2v) is 4.93. The zero-order chi connectivity index (χ0) is 11.5. The number of pyridine rings is 1. The largest absolute Gasteiger partial charge is 0.294 e. The number of aromatic nitrogens is 1. The summed E-state index contributed by atoms with van der Waals surface area (Å²) in [4.78, 5) is 6.70. The van der Waals surface area contributed by atoms with Crippen LogP contribution in [0.3, 0.4) is 0 Å². The van der Waals surface area contributed by atoms with Crippen molar-refractivity contribution < 1.29 is 0 Å². The van der Waals surface area contributed by atoms with Gasteiger partial charge in [0.15, 0.2) is 0 Å². The number of piperidine rings is 1. The monoisotopic (exact) mass is 214 g/mol. The molecule has 0 bridgehead atoms. The minimum absolute atomic E-state index is 0.671. The molecule has 0 N–H and O–H groups in total. The van der Waals surface area contributed by atoms with Gasteiger partial charge in [-0.15, -0.1) is 0 Å². The molecule has 1 aromatic rings. The smallest absolute Gasteiger partial charge is 0.115 e. The lowest BCUT2D eigenvalue weighted by atomic mass is 9.95. The summed E-state index contributed by atoms with van der Waals surface area (Å²) in [5.74, 6) is 0. The first kappa shape index (κ1) is 11.7. The molecule has 0 aliphatic carbocycles. The molecule has 0 aromatic carbocycles. The molecule has 1 aliphatic rings. The van der Waals surface area contributed by atoms with Crippen LogP contribution in [0.15, 0.2) is 18.5 Å². The lowest BCUT2D eigenvalue weighted by Gasteiger charge is -2.39. The maximum Gasteiger partial charge on any atom is 0.115 e. The van der Waals surface area contributed by atoms with Crippen LogP contribution in [0.4, 0.5) is 0 Å². The normalized spacial score (nSPS) is 26.9. The lowest BCUT2D eigenvalue weighted by molar-refractivity contribution is 0.0952. The van der Waals surface area contributed by atoms with Crippen molar-refractivity contribution >= 4 is 13.3 Å². The van der Waals surface area contributed by atoms with E-state index in [9.17, 15) is 0 Å². The van der Waals surface area contributed by atoms with E-state index in [-0.39, 0.29) is 0 Å². The fourth-order valence-corrected chi connectivity index (χ4v) is 2.59. The SMILES string of the molecule is [B]c1cncc(CN2[C@H](C)CCC[C@@H]2C)c1. The van der Waals surface area contributed by atoms with Gasteiger partial charge in [0.25, 0.3) is 0 Å². The van der Waals surface area contributed by atoms with Crippen molar-refractivity contribution in [3.63, 3.8) is 0 Å². The van der Waals surface area contributed by atoms with Gasteiger partial charge in [-0.1, -0.05) is 17.9 Å². The van der Waals surface area contributed by atoms with Crippen LogP contribution in [0, 0.1) is 0 Å². The summed E-state index contributed by atoms with van der Waals surface area (Å²) in [7, 11) is 5.75. The molecule has 1 aromatic heterocycles. The molecule has 2 radical (unpaired) electrons. The van der Waals surface area contributed by atoms with Gasteiger partial charge in [0.1, 0.15) is 7.85 Å². The van der Waals surface area contributed by atoms with Crippen LogP contribution >= 0.6 is 0 Å². The van der Waals surface area contributed by atoms with Crippen LogP contribution in [-0.4, -0.2) is 29.8 Å². The van der Waals surface area contributed by atoms with E-state index in [1.165, 1.54) is 24.8 Å². The number of hydrogen-bond acceptors (Lipinski definition) is 2. The molecule has 16 heavy (non-hydrogen) atoms. The standard InChI is InChI=1S/C13H19BN2/c1-10-4-3-5-11(2)16(10)9-12-6-13(14)8-15-7-12/h6-8,10-11H,3-5,9H2,1-2H3/t10-,11+. The van der Waals surface area contributed by atoms with Crippen molar-refractivity contribution in [1.29, 1.82) is 0 Å². The van der Waals surface area contributed by atoms with Gasteiger partial charge in [-0.3, -0.25) is 9.88 Å². The fourth-order valence-electron chi connectivity index (χ4n) is 2.59. The first-order chi connectivity index (χ1) is 7.66. The molecule has 2 heterocycles. The molecular weight excluding hydrogens is 195 g/mol. The van der Waals surface area contributed by atoms with Crippen molar-refractivity contribution in [1.82, 2.24) is 9.88 Å². The number of likely N-dealkylation sites (tertiary alicyclic amines) is 1. The highest BCUT2D eigenvalue weighted by Gasteiger charge is 2.24. The van der Waals surface area contributed by atoms with Crippen LogP contribution in [-0.2, 0) is 6.54 Å². The molecule has 3 heteroatoms. The van der Waals surface area contributed by atoms with Gasteiger partial charge < -0.3 is 0 Å². The Labute approximate surface area is 99.5 Å². The molecule has 2 nitrogen and oxygen atoms in total. The van der Waals surface area contributed by atoms with Crippen LogP contribution in [0.1, 0.15) is 38.7 Å². The molecular formula is C13H19BN2. The van der Waals surface area contributed by atoms with E-state index in [1.807, 2.05) is 12.3 Å². The molecule has 2 rings (SSSR count). The predicted molar refractivity (Wildman–Crippen MR) is 67.9 cm³/mol.